The molecule has 0 aliphatic carbocycles. The number of esters is 1. The number of thiophene rings is 1. The molecule has 0 bridgehead atoms. The molecule has 0 fully saturated rings. The molecule has 0 saturated carbocycles. The molecule has 1 aromatic heterocycles. The molecule has 9 heteroatoms. The lowest BCUT2D eigenvalue weighted by molar-refractivity contribution is -0.139. The summed E-state index contributed by atoms with van der Waals surface area (Å²) >= 11 is 0.761. The van der Waals surface area contributed by atoms with Gasteiger partial charge in [0.1, 0.15) is 10.8 Å². The molecule has 1 heterocycles. The second-order valence-corrected chi connectivity index (χ2v) is 5.77. The number of carbonyl (C=O) groups is 2. The van der Waals surface area contributed by atoms with Crippen LogP contribution in [-0.2, 0) is 19.6 Å². The minimum absolute atomic E-state index is 0.117. The first kappa shape index (κ1) is 13.6. The maximum absolute atomic E-state index is 11.6. The number of hydrogen-bond donors (Lipinski definition) is 2. The fraction of sp³-hybridized carbons (Fsp3) is 0.250. The van der Waals surface area contributed by atoms with Crippen LogP contribution in [0.4, 0.5) is 0 Å². The first-order chi connectivity index (χ1) is 7.86. The van der Waals surface area contributed by atoms with Crippen LogP contribution in [0.3, 0.4) is 0 Å². The van der Waals surface area contributed by atoms with Crippen LogP contribution in [0.5, 0.6) is 0 Å². The van der Waals surface area contributed by atoms with E-state index in [1.807, 2.05) is 4.72 Å². The van der Waals surface area contributed by atoms with Gasteiger partial charge < -0.3 is 9.84 Å². The molecular formula is C8H9NO6S2. The van der Waals surface area contributed by atoms with Gasteiger partial charge in [-0.15, -0.1) is 11.3 Å². The summed E-state index contributed by atoms with van der Waals surface area (Å²) in [5.41, 5.74) is -0.117. The van der Waals surface area contributed by atoms with Gasteiger partial charge in [0, 0.05) is 5.38 Å². The maximum atomic E-state index is 11.6. The van der Waals surface area contributed by atoms with Crippen LogP contribution in [-0.4, -0.2) is 39.1 Å². The van der Waals surface area contributed by atoms with E-state index < -0.39 is 28.5 Å². The molecule has 0 unspecified atom stereocenters. The number of carbonyl (C=O) groups excluding carboxylic acids is 1. The van der Waals surface area contributed by atoms with Crippen molar-refractivity contribution in [3.63, 3.8) is 0 Å². The zero-order chi connectivity index (χ0) is 13.1. The van der Waals surface area contributed by atoms with E-state index in [1.165, 1.54) is 5.38 Å². The van der Waals surface area contributed by atoms with Crippen LogP contribution in [0, 0.1) is 0 Å². The van der Waals surface area contributed by atoms with E-state index in [2.05, 4.69) is 4.74 Å². The number of rotatable bonds is 5. The van der Waals surface area contributed by atoms with Crippen molar-refractivity contribution < 1.29 is 27.9 Å². The van der Waals surface area contributed by atoms with Gasteiger partial charge in [-0.2, -0.15) is 4.72 Å². The fourth-order valence-corrected chi connectivity index (χ4v) is 3.03. The number of carboxylic acid groups (broad SMARTS) is 1. The normalized spacial score (nSPS) is 11.1. The molecule has 0 spiro atoms. The molecule has 2 N–H and O–H groups in total. The average Bonchev–Trinajstić information content (AvgIpc) is 2.76. The van der Waals surface area contributed by atoms with Crippen molar-refractivity contribution in [1.82, 2.24) is 4.72 Å². The highest BCUT2D eigenvalue weighted by molar-refractivity contribution is 7.91. The third kappa shape index (κ3) is 3.51. The first-order valence-corrected chi connectivity index (χ1v) is 6.61. The second-order valence-electron chi connectivity index (χ2n) is 2.86. The van der Waals surface area contributed by atoms with Crippen molar-refractivity contribution in [2.75, 3.05) is 13.7 Å². The van der Waals surface area contributed by atoms with Gasteiger partial charge in [0.25, 0.3) is 10.0 Å². The van der Waals surface area contributed by atoms with Gasteiger partial charge in [0.05, 0.1) is 12.7 Å². The molecular weight excluding hydrogens is 270 g/mol. The van der Waals surface area contributed by atoms with Crippen molar-refractivity contribution in [2.24, 2.45) is 0 Å². The molecule has 0 aliphatic heterocycles. The number of methoxy groups -OCH3 is 1. The molecule has 0 saturated heterocycles. The van der Waals surface area contributed by atoms with Gasteiger partial charge in [-0.05, 0) is 6.07 Å². The Morgan fingerprint density at radius 3 is 2.65 bits per heavy atom. The smallest absolute Gasteiger partial charge is 0.336 e. The monoisotopic (exact) mass is 279 g/mol. The standard InChI is InChI=1S/C8H9NO6S2/c1-15-6(10)3-9-17(13,14)7-2-5(4-16-7)8(11)12/h2,4,9H,3H2,1H3,(H,11,12). The molecule has 0 aromatic carbocycles. The van der Waals surface area contributed by atoms with E-state index in [-0.39, 0.29) is 9.77 Å². The molecule has 0 radical (unpaired) electrons. The lowest BCUT2D eigenvalue weighted by Crippen LogP contribution is -2.29. The van der Waals surface area contributed by atoms with Gasteiger partial charge in [-0.3, -0.25) is 4.79 Å². The van der Waals surface area contributed by atoms with Crippen molar-refractivity contribution >= 4 is 33.3 Å². The molecule has 94 valence electrons. The summed E-state index contributed by atoms with van der Waals surface area (Å²) in [6.07, 6.45) is 0. The number of aromatic carboxylic acids is 1. The van der Waals surface area contributed by atoms with E-state index >= 15 is 0 Å². The summed E-state index contributed by atoms with van der Waals surface area (Å²) in [4.78, 5) is 21.3. The molecule has 1 rings (SSSR count). The highest BCUT2D eigenvalue weighted by Gasteiger charge is 2.19. The van der Waals surface area contributed by atoms with Crippen LogP contribution in [0.1, 0.15) is 10.4 Å². The number of nitrogens with one attached hydrogen (secondary N) is 1. The largest absolute Gasteiger partial charge is 0.478 e. The Morgan fingerprint density at radius 2 is 2.18 bits per heavy atom. The fourth-order valence-electron chi connectivity index (χ4n) is 0.867. The Balaban J connectivity index is 2.82. The lowest BCUT2D eigenvalue weighted by atomic mass is 10.4. The molecule has 0 amide bonds. The zero-order valence-corrected chi connectivity index (χ0v) is 10.3. The van der Waals surface area contributed by atoms with Gasteiger partial charge in [-0.1, -0.05) is 0 Å². The Bertz CT molecular complexity index is 532. The average molecular weight is 279 g/mol. The van der Waals surface area contributed by atoms with Crippen LogP contribution in [0.25, 0.3) is 0 Å². The third-order valence-corrected chi connectivity index (χ3v) is 4.56. The number of hydrogen-bond acceptors (Lipinski definition) is 6. The van der Waals surface area contributed by atoms with E-state index in [0.717, 1.165) is 24.5 Å². The van der Waals surface area contributed by atoms with E-state index in [1.54, 1.807) is 0 Å². The van der Waals surface area contributed by atoms with Gasteiger partial charge in [-0.25, -0.2) is 13.2 Å². The summed E-state index contributed by atoms with van der Waals surface area (Å²) < 4.78 is 29.3. The predicted molar refractivity (Wildman–Crippen MR) is 58.5 cm³/mol. The maximum Gasteiger partial charge on any atom is 0.336 e. The Kier molecular flexibility index (Phi) is 4.21. The summed E-state index contributed by atoms with van der Waals surface area (Å²) in [6, 6.07) is 1.02. The van der Waals surface area contributed by atoms with Crippen LogP contribution < -0.4 is 4.72 Å². The third-order valence-electron chi connectivity index (χ3n) is 1.72. The van der Waals surface area contributed by atoms with Crippen molar-refractivity contribution in [2.45, 2.75) is 4.21 Å². The SMILES string of the molecule is COC(=O)CNS(=O)(=O)c1cc(C(=O)O)cs1. The van der Waals surface area contributed by atoms with Gasteiger partial charge >= 0.3 is 11.9 Å². The van der Waals surface area contributed by atoms with Crippen LogP contribution in [0.2, 0.25) is 0 Å². The van der Waals surface area contributed by atoms with Crippen molar-refractivity contribution in [3.8, 4) is 0 Å². The Hall–Kier alpha value is -1.45. The predicted octanol–water partition coefficient (Wildman–Crippen LogP) is -0.102. The van der Waals surface area contributed by atoms with E-state index in [0.29, 0.717) is 0 Å². The number of ether oxygens (including phenoxy) is 1. The van der Waals surface area contributed by atoms with Crippen LogP contribution in [0.15, 0.2) is 15.7 Å². The molecule has 17 heavy (non-hydrogen) atoms. The summed E-state index contributed by atoms with van der Waals surface area (Å²) in [5.74, 6) is -1.95. The second kappa shape index (κ2) is 5.25. The Labute approximate surface area is 101 Å². The number of carboxylic acids is 1. The molecule has 1 aromatic rings. The highest BCUT2D eigenvalue weighted by atomic mass is 32.2. The summed E-state index contributed by atoms with van der Waals surface area (Å²) in [5, 5.41) is 9.84. The molecule has 7 nitrogen and oxygen atoms in total. The van der Waals surface area contributed by atoms with E-state index in [4.69, 9.17) is 5.11 Å². The van der Waals surface area contributed by atoms with Gasteiger partial charge in [0.2, 0.25) is 0 Å². The van der Waals surface area contributed by atoms with E-state index in [9.17, 15) is 18.0 Å². The molecule has 0 aliphatic rings. The minimum Gasteiger partial charge on any atom is -0.478 e. The zero-order valence-electron chi connectivity index (χ0n) is 8.67. The summed E-state index contributed by atoms with van der Waals surface area (Å²) in [6.45, 7) is -0.501. The Morgan fingerprint density at radius 1 is 1.53 bits per heavy atom. The van der Waals surface area contributed by atoms with Crippen LogP contribution >= 0.6 is 11.3 Å². The quantitative estimate of drug-likeness (QED) is 0.728. The summed E-state index contributed by atoms with van der Waals surface area (Å²) in [7, 11) is -2.74. The topological polar surface area (TPSA) is 110 Å². The first-order valence-electron chi connectivity index (χ1n) is 4.25. The number of sulfonamides is 1. The minimum atomic E-state index is -3.87. The highest BCUT2D eigenvalue weighted by Crippen LogP contribution is 2.19. The van der Waals surface area contributed by atoms with Gasteiger partial charge in [0.15, 0.2) is 0 Å². The molecule has 0 atom stereocenters. The van der Waals surface area contributed by atoms with Crippen molar-refractivity contribution in [1.29, 1.82) is 0 Å². The lowest BCUT2D eigenvalue weighted by Gasteiger charge is -2.02. The van der Waals surface area contributed by atoms with Crippen molar-refractivity contribution in [3.05, 3.63) is 17.0 Å².